The van der Waals surface area contributed by atoms with Gasteiger partial charge in [0.2, 0.25) is 5.91 Å². The van der Waals surface area contributed by atoms with Crippen LogP contribution >= 0.6 is 0 Å². The SMILES string of the molecule is Cn1c(CCc2ccc(CN)cc2)nc2cc(N(Cc3cccc4ccccc34)C(=O)CN3CCC(Nc4cccnc4)CC3)ccc21. The molecular weight excluding hydrogens is 594 g/mol. The van der Waals surface area contributed by atoms with Crippen molar-refractivity contribution in [1.29, 1.82) is 0 Å². The van der Waals surface area contributed by atoms with Crippen molar-refractivity contribution >= 4 is 39.1 Å². The number of likely N-dealkylation sites (tertiary alicyclic amines) is 1. The second-order valence-electron chi connectivity index (χ2n) is 12.8. The number of nitrogens with zero attached hydrogens (tertiary/aromatic N) is 5. The third-order valence-electron chi connectivity index (χ3n) is 9.65. The van der Waals surface area contributed by atoms with Gasteiger partial charge >= 0.3 is 0 Å². The Bertz CT molecular complexity index is 1990. The smallest absolute Gasteiger partial charge is 0.241 e. The number of fused-ring (bicyclic) bond motifs is 2. The van der Waals surface area contributed by atoms with Crippen LogP contribution in [-0.4, -0.2) is 51.0 Å². The van der Waals surface area contributed by atoms with Crippen molar-refractivity contribution in [2.24, 2.45) is 12.8 Å². The molecule has 1 saturated heterocycles. The summed E-state index contributed by atoms with van der Waals surface area (Å²) in [4.78, 5) is 27.8. The third kappa shape index (κ3) is 7.10. The van der Waals surface area contributed by atoms with Crippen LogP contribution < -0.4 is 16.0 Å². The largest absolute Gasteiger partial charge is 0.381 e. The van der Waals surface area contributed by atoms with E-state index < -0.39 is 0 Å². The second-order valence-corrected chi connectivity index (χ2v) is 12.8. The summed E-state index contributed by atoms with van der Waals surface area (Å²) in [6, 6.07) is 33.9. The monoisotopic (exact) mass is 637 g/mol. The Morgan fingerprint density at radius 2 is 1.71 bits per heavy atom. The number of nitrogens with two attached hydrogens (primary N) is 1. The Hall–Kier alpha value is -5.05. The van der Waals surface area contributed by atoms with Crippen molar-refractivity contribution in [3.63, 3.8) is 0 Å². The van der Waals surface area contributed by atoms with Gasteiger partial charge in [0.1, 0.15) is 5.82 Å². The molecule has 0 unspecified atom stereocenters. The van der Waals surface area contributed by atoms with Gasteiger partial charge in [-0.15, -0.1) is 0 Å². The maximum absolute atomic E-state index is 14.3. The molecule has 0 spiro atoms. The number of amides is 1. The van der Waals surface area contributed by atoms with Gasteiger partial charge < -0.3 is 20.5 Å². The minimum Gasteiger partial charge on any atom is -0.381 e. The second kappa shape index (κ2) is 14.4. The Morgan fingerprint density at radius 3 is 2.50 bits per heavy atom. The number of hydrogen-bond donors (Lipinski definition) is 2. The number of anilines is 2. The van der Waals surface area contributed by atoms with E-state index in [-0.39, 0.29) is 5.91 Å². The molecule has 0 aliphatic carbocycles. The van der Waals surface area contributed by atoms with E-state index in [1.54, 1.807) is 6.20 Å². The normalized spacial score (nSPS) is 14.0. The number of aromatic nitrogens is 3. The highest BCUT2D eigenvalue weighted by Crippen LogP contribution is 2.28. The van der Waals surface area contributed by atoms with E-state index in [0.29, 0.717) is 25.7 Å². The number of hydrogen-bond acceptors (Lipinski definition) is 6. The lowest BCUT2D eigenvalue weighted by atomic mass is 10.0. The van der Waals surface area contributed by atoms with Crippen LogP contribution in [0.1, 0.15) is 35.4 Å². The Kier molecular flexibility index (Phi) is 9.45. The summed E-state index contributed by atoms with van der Waals surface area (Å²) in [6.45, 7) is 3.14. The average Bonchev–Trinajstić information content (AvgIpc) is 3.45. The van der Waals surface area contributed by atoms with Crippen LogP contribution in [0.5, 0.6) is 0 Å². The van der Waals surface area contributed by atoms with Crippen LogP contribution in [0.2, 0.25) is 0 Å². The predicted octanol–water partition coefficient (Wildman–Crippen LogP) is 6.48. The fraction of sp³-hybridized carbons (Fsp3) is 0.275. The first kappa shape index (κ1) is 31.5. The number of carbonyl (C=O) groups is 1. The predicted molar refractivity (Wildman–Crippen MR) is 195 cm³/mol. The summed E-state index contributed by atoms with van der Waals surface area (Å²) in [7, 11) is 2.08. The molecule has 7 rings (SSSR count). The van der Waals surface area contributed by atoms with Gasteiger partial charge in [-0.1, -0.05) is 66.7 Å². The highest BCUT2D eigenvalue weighted by atomic mass is 16.2. The first-order valence-electron chi connectivity index (χ1n) is 16.9. The van der Waals surface area contributed by atoms with Crippen LogP contribution in [0, 0.1) is 0 Å². The Morgan fingerprint density at radius 1 is 0.917 bits per heavy atom. The zero-order valence-corrected chi connectivity index (χ0v) is 27.6. The number of imidazole rings is 1. The molecule has 244 valence electrons. The molecule has 1 fully saturated rings. The number of piperidine rings is 1. The highest BCUT2D eigenvalue weighted by molar-refractivity contribution is 5.97. The first-order valence-corrected chi connectivity index (χ1v) is 16.9. The van der Waals surface area contributed by atoms with Crippen LogP contribution in [0.25, 0.3) is 21.8 Å². The summed E-state index contributed by atoms with van der Waals surface area (Å²) < 4.78 is 2.17. The van der Waals surface area contributed by atoms with Crippen LogP contribution in [0.4, 0.5) is 11.4 Å². The molecule has 48 heavy (non-hydrogen) atoms. The Labute approximate surface area is 282 Å². The van der Waals surface area contributed by atoms with Crippen molar-refractivity contribution < 1.29 is 4.79 Å². The fourth-order valence-corrected chi connectivity index (χ4v) is 6.85. The molecule has 0 atom stereocenters. The van der Waals surface area contributed by atoms with Gasteiger partial charge in [-0.2, -0.15) is 0 Å². The topological polar surface area (TPSA) is 92.3 Å². The van der Waals surface area contributed by atoms with E-state index in [2.05, 4.69) is 118 Å². The molecule has 0 radical (unpaired) electrons. The molecule has 1 aliphatic heterocycles. The first-order chi connectivity index (χ1) is 23.5. The number of carbonyl (C=O) groups excluding carboxylic acids is 1. The van der Waals surface area contributed by atoms with Gasteiger partial charge in [-0.3, -0.25) is 14.7 Å². The van der Waals surface area contributed by atoms with Gasteiger partial charge in [0.25, 0.3) is 0 Å². The number of rotatable bonds is 11. The van der Waals surface area contributed by atoms with Crippen LogP contribution in [-0.2, 0) is 37.8 Å². The lowest BCUT2D eigenvalue weighted by Crippen LogP contribution is -2.45. The maximum atomic E-state index is 14.3. The number of nitrogens with one attached hydrogen (secondary N) is 1. The van der Waals surface area contributed by atoms with E-state index in [1.165, 1.54) is 16.3 Å². The van der Waals surface area contributed by atoms with Crippen molar-refractivity contribution in [1.82, 2.24) is 19.4 Å². The maximum Gasteiger partial charge on any atom is 0.241 e. The summed E-state index contributed by atoms with van der Waals surface area (Å²) >= 11 is 0. The Balaban J connectivity index is 1.11. The third-order valence-corrected chi connectivity index (χ3v) is 9.65. The zero-order chi connectivity index (χ0) is 32.9. The van der Waals surface area contributed by atoms with Crippen LogP contribution in [0.15, 0.2) is 109 Å². The van der Waals surface area contributed by atoms with Gasteiger partial charge in [0.05, 0.1) is 29.8 Å². The highest BCUT2D eigenvalue weighted by Gasteiger charge is 2.25. The van der Waals surface area contributed by atoms with E-state index in [0.717, 1.165) is 78.1 Å². The average molecular weight is 638 g/mol. The molecule has 0 saturated carbocycles. The quantitative estimate of drug-likeness (QED) is 0.169. The standard InChI is InChI=1S/C40H43N7O/c1-45-38-17-16-35(24-37(38)44-39(45)18-15-29-11-13-30(25-41)14-12-29)47(27-32-8-4-7-31-6-2-3-10-36(31)32)40(48)28-46-22-19-33(20-23-46)43-34-9-5-21-42-26-34/h2-14,16-17,21,24,26,33,43H,15,18-20,22-23,25,27-28,41H2,1H3. The number of aryl methyl sites for hydroxylation is 3. The van der Waals surface area contributed by atoms with Crippen LogP contribution in [0.3, 0.4) is 0 Å². The van der Waals surface area contributed by atoms with Crippen molar-refractivity contribution in [2.45, 2.75) is 44.8 Å². The van der Waals surface area contributed by atoms with Crippen molar-refractivity contribution in [3.05, 3.63) is 132 Å². The summed E-state index contributed by atoms with van der Waals surface area (Å²) in [5, 5.41) is 5.94. The number of benzene rings is 4. The van der Waals surface area contributed by atoms with Gasteiger partial charge in [-0.05, 0) is 77.1 Å². The molecule has 8 heteroatoms. The van der Waals surface area contributed by atoms with E-state index in [9.17, 15) is 4.79 Å². The van der Waals surface area contributed by atoms with E-state index in [1.807, 2.05) is 17.2 Å². The minimum absolute atomic E-state index is 0.0954. The van der Waals surface area contributed by atoms with E-state index in [4.69, 9.17) is 10.7 Å². The van der Waals surface area contributed by atoms with Crippen molar-refractivity contribution in [3.8, 4) is 0 Å². The number of pyridine rings is 1. The summed E-state index contributed by atoms with van der Waals surface area (Å²) in [5.74, 6) is 1.12. The van der Waals surface area contributed by atoms with E-state index >= 15 is 0 Å². The minimum atomic E-state index is 0.0954. The molecule has 6 aromatic rings. The molecule has 2 aromatic heterocycles. The summed E-state index contributed by atoms with van der Waals surface area (Å²) in [6.07, 6.45) is 7.33. The lowest BCUT2D eigenvalue weighted by Gasteiger charge is -2.34. The molecule has 1 amide bonds. The molecule has 3 heterocycles. The molecular formula is C40H43N7O. The van der Waals surface area contributed by atoms with Gasteiger partial charge in [0, 0.05) is 57.2 Å². The van der Waals surface area contributed by atoms with Gasteiger partial charge in [0.15, 0.2) is 0 Å². The molecule has 4 aromatic carbocycles. The van der Waals surface area contributed by atoms with Gasteiger partial charge in [-0.25, -0.2) is 4.98 Å². The molecule has 8 nitrogen and oxygen atoms in total. The lowest BCUT2D eigenvalue weighted by molar-refractivity contribution is -0.120. The van der Waals surface area contributed by atoms with Crippen molar-refractivity contribution in [2.75, 3.05) is 29.9 Å². The zero-order valence-electron chi connectivity index (χ0n) is 27.6. The summed E-state index contributed by atoms with van der Waals surface area (Å²) in [5.41, 5.74) is 13.2. The fourth-order valence-electron chi connectivity index (χ4n) is 6.85. The molecule has 0 bridgehead atoms. The molecule has 1 aliphatic rings. The molecule has 3 N–H and O–H groups in total.